The molecule has 9 heavy (non-hydrogen) atoms. The molecule has 0 aliphatic carbocycles. The third-order valence-electron chi connectivity index (χ3n) is 1.34. The van der Waals surface area contributed by atoms with E-state index in [4.69, 9.17) is 5.11 Å². The molecule has 0 saturated heterocycles. The molecule has 52 valence electrons. The average Bonchev–Trinajstić information content (AvgIpc) is 1.69. The van der Waals surface area contributed by atoms with E-state index in [1.54, 1.807) is 6.92 Å². The number of aliphatic hydroxyl groups excluding tert-OH is 1. The van der Waals surface area contributed by atoms with Crippen LogP contribution in [0.25, 0.3) is 0 Å². The van der Waals surface area contributed by atoms with Crippen LogP contribution >= 0.6 is 0 Å². The Bertz CT molecular complexity index is 55.0. The molecule has 1 unspecified atom stereocenters. The van der Waals surface area contributed by atoms with Crippen molar-refractivity contribution in [2.45, 2.75) is 27.0 Å². The van der Waals surface area contributed by atoms with Crippen molar-refractivity contribution in [3.05, 3.63) is 0 Å². The summed E-state index contributed by atoms with van der Waals surface area (Å²) in [5.41, 5.74) is 0. The second-order valence-corrected chi connectivity index (χ2v) is 1.85. The SMILES string of the molecule is CCN(CC)C(C)O.[LiH]. The van der Waals surface area contributed by atoms with Crippen molar-refractivity contribution in [2.24, 2.45) is 0 Å². The molecule has 0 saturated carbocycles. The molecule has 0 aromatic heterocycles. The molecule has 3 heteroatoms. The van der Waals surface area contributed by atoms with Crippen molar-refractivity contribution in [3.63, 3.8) is 0 Å². The van der Waals surface area contributed by atoms with Crippen molar-refractivity contribution in [2.75, 3.05) is 13.1 Å². The van der Waals surface area contributed by atoms with Gasteiger partial charge in [-0.3, -0.25) is 4.90 Å². The van der Waals surface area contributed by atoms with Gasteiger partial charge in [0.25, 0.3) is 0 Å². The first-order valence-corrected chi connectivity index (χ1v) is 3.14. The Morgan fingerprint density at radius 1 is 1.33 bits per heavy atom. The average molecular weight is 125 g/mol. The second kappa shape index (κ2) is 6.63. The molecule has 1 N–H and O–H groups in total. The van der Waals surface area contributed by atoms with Gasteiger partial charge in [0.2, 0.25) is 0 Å². The van der Waals surface area contributed by atoms with Crippen LogP contribution in [0.5, 0.6) is 0 Å². The van der Waals surface area contributed by atoms with E-state index in [9.17, 15) is 0 Å². The summed E-state index contributed by atoms with van der Waals surface area (Å²) >= 11 is 0. The minimum absolute atomic E-state index is 0. The van der Waals surface area contributed by atoms with Gasteiger partial charge in [-0.1, -0.05) is 13.8 Å². The molecule has 0 rings (SSSR count). The summed E-state index contributed by atoms with van der Waals surface area (Å²) in [4.78, 5) is 1.97. The molecule has 0 spiro atoms. The first-order chi connectivity index (χ1) is 3.72. The zero-order valence-corrected chi connectivity index (χ0v) is 5.89. The van der Waals surface area contributed by atoms with Gasteiger partial charge >= 0.3 is 18.9 Å². The van der Waals surface area contributed by atoms with E-state index >= 15 is 0 Å². The fourth-order valence-corrected chi connectivity index (χ4v) is 0.752. The molecular weight excluding hydrogens is 109 g/mol. The van der Waals surface area contributed by atoms with Crippen molar-refractivity contribution >= 4 is 18.9 Å². The van der Waals surface area contributed by atoms with Crippen LogP contribution in [0.3, 0.4) is 0 Å². The van der Waals surface area contributed by atoms with Gasteiger partial charge in [0.05, 0.1) is 0 Å². The van der Waals surface area contributed by atoms with Crippen LogP contribution in [0.4, 0.5) is 0 Å². The predicted molar refractivity (Wildman–Crippen MR) is 41.8 cm³/mol. The van der Waals surface area contributed by atoms with Gasteiger partial charge in [-0.05, 0) is 20.0 Å². The van der Waals surface area contributed by atoms with Gasteiger partial charge < -0.3 is 5.11 Å². The van der Waals surface area contributed by atoms with Crippen LogP contribution < -0.4 is 0 Å². The maximum absolute atomic E-state index is 8.94. The third-order valence-corrected chi connectivity index (χ3v) is 1.34. The van der Waals surface area contributed by atoms with Gasteiger partial charge in [0.15, 0.2) is 0 Å². The van der Waals surface area contributed by atoms with E-state index in [0.29, 0.717) is 0 Å². The van der Waals surface area contributed by atoms with Gasteiger partial charge in [0, 0.05) is 0 Å². The van der Waals surface area contributed by atoms with E-state index in [0.717, 1.165) is 13.1 Å². The normalized spacial score (nSPS) is 13.0. The van der Waals surface area contributed by atoms with Crippen molar-refractivity contribution in [1.82, 2.24) is 4.90 Å². The Morgan fingerprint density at radius 2 is 1.67 bits per heavy atom. The van der Waals surface area contributed by atoms with Crippen LogP contribution in [-0.4, -0.2) is 48.2 Å². The number of hydrogen-bond donors (Lipinski definition) is 1. The minimum atomic E-state index is -0.287. The molecule has 1 atom stereocenters. The molecule has 0 radical (unpaired) electrons. The topological polar surface area (TPSA) is 23.5 Å². The first kappa shape index (κ1) is 12.2. The summed E-state index contributed by atoms with van der Waals surface area (Å²) in [5.74, 6) is 0. The standard InChI is InChI=1S/C6H15NO.Li.H/c1-4-7(5-2)6(3)8;;/h6,8H,4-5H2,1-3H3;;. The van der Waals surface area contributed by atoms with Gasteiger partial charge in [-0.2, -0.15) is 0 Å². The number of hydrogen-bond acceptors (Lipinski definition) is 2. The fourth-order valence-electron chi connectivity index (χ4n) is 0.752. The molecule has 2 nitrogen and oxygen atoms in total. The van der Waals surface area contributed by atoms with Crippen LogP contribution in [0.2, 0.25) is 0 Å². The summed E-state index contributed by atoms with van der Waals surface area (Å²) in [7, 11) is 0. The Labute approximate surface area is 69.4 Å². The van der Waals surface area contributed by atoms with Crippen molar-refractivity contribution in [3.8, 4) is 0 Å². The second-order valence-electron chi connectivity index (χ2n) is 1.85. The van der Waals surface area contributed by atoms with E-state index in [-0.39, 0.29) is 25.1 Å². The van der Waals surface area contributed by atoms with E-state index < -0.39 is 0 Å². The first-order valence-electron chi connectivity index (χ1n) is 3.14. The molecular formula is C6H16LiNO. The summed E-state index contributed by atoms with van der Waals surface area (Å²) in [5, 5.41) is 8.94. The monoisotopic (exact) mass is 125 g/mol. The predicted octanol–water partition coefficient (Wildman–Crippen LogP) is 0.0180. The number of aliphatic hydroxyl groups is 1. The van der Waals surface area contributed by atoms with Crippen LogP contribution in [0, 0.1) is 0 Å². The third kappa shape index (κ3) is 4.99. The fraction of sp³-hybridized carbons (Fsp3) is 1.00. The molecule has 0 aliphatic heterocycles. The summed E-state index contributed by atoms with van der Waals surface area (Å²) in [6, 6.07) is 0. The van der Waals surface area contributed by atoms with Gasteiger partial charge in [-0.15, -0.1) is 0 Å². The molecule has 0 bridgehead atoms. The Hall–Kier alpha value is 0.517. The van der Waals surface area contributed by atoms with Gasteiger partial charge in [-0.25, -0.2) is 0 Å². The van der Waals surface area contributed by atoms with Crippen LogP contribution in [0.15, 0.2) is 0 Å². The zero-order chi connectivity index (χ0) is 6.57. The van der Waals surface area contributed by atoms with E-state index in [1.165, 1.54) is 0 Å². The summed E-state index contributed by atoms with van der Waals surface area (Å²) in [6.07, 6.45) is -0.287. The molecule has 0 fully saturated rings. The van der Waals surface area contributed by atoms with Crippen molar-refractivity contribution in [1.29, 1.82) is 0 Å². The van der Waals surface area contributed by atoms with Crippen molar-refractivity contribution < 1.29 is 5.11 Å². The molecule has 0 aromatic carbocycles. The zero-order valence-electron chi connectivity index (χ0n) is 5.89. The van der Waals surface area contributed by atoms with Crippen LogP contribution in [0.1, 0.15) is 20.8 Å². The molecule has 0 amide bonds. The van der Waals surface area contributed by atoms with E-state index in [2.05, 4.69) is 0 Å². The Balaban J connectivity index is 0. The summed E-state index contributed by atoms with van der Waals surface area (Å²) < 4.78 is 0. The molecule has 0 aromatic rings. The summed E-state index contributed by atoms with van der Waals surface area (Å²) in [6.45, 7) is 7.71. The molecule has 0 heterocycles. The maximum atomic E-state index is 8.94. The number of rotatable bonds is 3. The number of nitrogens with zero attached hydrogens (tertiary/aromatic N) is 1. The quantitative estimate of drug-likeness (QED) is 0.424. The van der Waals surface area contributed by atoms with Gasteiger partial charge in [0.1, 0.15) is 6.23 Å². The van der Waals surface area contributed by atoms with E-state index in [1.807, 2.05) is 18.7 Å². The van der Waals surface area contributed by atoms with Crippen LogP contribution in [-0.2, 0) is 0 Å². The molecule has 0 aliphatic rings. The Morgan fingerprint density at radius 3 is 1.67 bits per heavy atom. The Kier molecular flexibility index (Phi) is 9.01.